The molecular formula is C12H8BrF2IN2. The second kappa shape index (κ2) is 5.40. The minimum Gasteiger partial charge on any atom is -0.397 e. The Morgan fingerprint density at radius 3 is 2.50 bits per heavy atom. The summed E-state index contributed by atoms with van der Waals surface area (Å²) in [7, 11) is 0. The van der Waals surface area contributed by atoms with Gasteiger partial charge in [-0.15, -0.1) is 0 Å². The maximum atomic E-state index is 13.5. The Kier molecular flexibility index (Phi) is 4.06. The smallest absolute Gasteiger partial charge is 0.146 e. The van der Waals surface area contributed by atoms with Crippen LogP contribution in [0.5, 0.6) is 0 Å². The number of benzene rings is 2. The molecule has 6 heteroatoms. The second-order valence-corrected chi connectivity index (χ2v) is 5.68. The predicted octanol–water partition coefficient (Wildman–Crippen LogP) is 4.66. The van der Waals surface area contributed by atoms with Crippen molar-refractivity contribution < 1.29 is 8.78 Å². The third-order valence-electron chi connectivity index (χ3n) is 2.29. The molecule has 0 fully saturated rings. The van der Waals surface area contributed by atoms with Gasteiger partial charge in [0.15, 0.2) is 0 Å². The molecule has 0 aliphatic heterocycles. The number of nitrogens with one attached hydrogen (secondary N) is 1. The Balaban J connectivity index is 2.40. The monoisotopic (exact) mass is 424 g/mol. The predicted molar refractivity (Wildman–Crippen MR) is 80.9 cm³/mol. The van der Waals surface area contributed by atoms with E-state index in [-0.39, 0.29) is 5.69 Å². The zero-order valence-electron chi connectivity index (χ0n) is 8.98. The van der Waals surface area contributed by atoms with Gasteiger partial charge in [0.05, 0.1) is 20.6 Å². The summed E-state index contributed by atoms with van der Waals surface area (Å²) in [6.45, 7) is 0. The van der Waals surface area contributed by atoms with Gasteiger partial charge in [-0.1, -0.05) is 15.9 Å². The zero-order chi connectivity index (χ0) is 13.3. The molecule has 2 aromatic carbocycles. The van der Waals surface area contributed by atoms with E-state index in [2.05, 4.69) is 21.2 Å². The standard InChI is InChI=1S/C12H8BrF2IN2/c13-6-1-2-7(14)11(3-6)18-12-4-8(15)9(16)5-10(12)17/h1-5,18H,17H2. The Hall–Kier alpha value is -0.890. The van der Waals surface area contributed by atoms with E-state index in [1.807, 2.05) is 22.6 Å². The number of halogens is 4. The van der Waals surface area contributed by atoms with Crippen molar-refractivity contribution in [2.75, 3.05) is 11.1 Å². The average Bonchev–Trinajstić information content (AvgIpc) is 2.30. The van der Waals surface area contributed by atoms with Gasteiger partial charge in [-0.2, -0.15) is 0 Å². The van der Waals surface area contributed by atoms with Gasteiger partial charge in [-0.05, 0) is 46.9 Å². The maximum absolute atomic E-state index is 13.5. The van der Waals surface area contributed by atoms with E-state index in [9.17, 15) is 8.78 Å². The van der Waals surface area contributed by atoms with Gasteiger partial charge >= 0.3 is 0 Å². The van der Waals surface area contributed by atoms with Crippen LogP contribution in [0.15, 0.2) is 34.8 Å². The molecule has 0 unspecified atom stereocenters. The molecule has 18 heavy (non-hydrogen) atoms. The number of nitrogens with two attached hydrogens (primary N) is 1. The van der Waals surface area contributed by atoms with Crippen LogP contribution in [0.2, 0.25) is 0 Å². The molecule has 0 bridgehead atoms. The first kappa shape index (κ1) is 13.5. The van der Waals surface area contributed by atoms with Crippen molar-refractivity contribution in [3.63, 3.8) is 0 Å². The summed E-state index contributed by atoms with van der Waals surface area (Å²) in [4.78, 5) is 0. The van der Waals surface area contributed by atoms with E-state index >= 15 is 0 Å². The van der Waals surface area contributed by atoms with E-state index < -0.39 is 11.6 Å². The molecule has 0 aliphatic carbocycles. The van der Waals surface area contributed by atoms with Crippen LogP contribution in [0.25, 0.3) is 0 Å². The van der Waals surface area contributed by atoms with Gasteiger partial charge in [0.25, 0.3) is 0 Å². The van der Waals surface area contributed by atoms with Crippen molar-refractivity contribution in [3.8, 4) is 0 Å². The first-order chi connectivity index (χ1) is 8.47. The Morgan fingerprint density at radius 1 is 1.06 bits per heavy atom. The van der Waals surface area contributed by atoms with Crippen LogP contribution in [0.3, 0.4) is 0 Å². The number of nitrogen functional groups attached to an aromatic ring is 1. The minimum absolute atomic E-state index is 0.233. The lowest BCUT2D eigenvalue weighted by atomic mass is 10.2. The molecule has 2 aromatic rings. The first-order valence-electron chi connectivity index (χ1n) is 4.94. The fourth-order valence-electron chi connectivity index (χ4n) is 1.41. The van der Waals surface area contributed by atoms with Crippen LogP contribution < -0.4 is 11.1 Å². The Bertz CT molecular complexity index is 605. The quantitative estimate of drug-likeness (QED) is 0.543. The Morgan fingerprint density at radius 2 is 1.78 bits per heavy atom. The van der Waals surface area contributed by atoms with Crippen LogP contribution in [0, 0.1) is 15.2 Å². The van der Waals surface area contributed by atoms with Crippen LogP contribution in [-0.4, -0.2) is 0 Å². The lowest BCUT2D eigenvalue weighted by Gasteiger charge is -2.11. The number of rotatable bonds is 2. The van der Waals surface area contributed by atoms with Crippen molar-refractivity contribution in [3.05, 3.63) is 50.0 Å². The number of hydrogen-bond acceptors (Lipinski definition) is 2. The molecule has 0 heterocycles. The highest BCUT2D eigenvalue weighted by Gasteiger charge is 2.09. The zero-order valence-corrected chi connectivity index (χ0v) is 12.7. The molecule has 0 aromatic heterocycles. The first-order valence-corrected chi connectivity index (χ1v) is 6.81. The maximum Gasteiger partial charge on any atom is 0.146 e. The minimum atomic E-state index is -0.434. The van der Waals surface area contributed by atoms with Gasteiger partial charge in [0.2, 0.25) is 0 Å². The van der Waals surface area contributed by atoms with Crippen LogP contribution in [0.1, 0.15) is 0 Å². The van der Waals surface area contributed by atoms with E-state index in [0.717, 1.165) is 4.47 Å². The summed E-state index contributed by atoms with van der Waals surface area (Å²) in [5.41, 5.74) is 6.69. The SMILES string of the molecule is Nc1cc(I)c(F)cc1Nc1cc(Br)ccc1F. The van der Waals surface area contributed by atoms with E-state index in [1.54, 1.807) is 12.1 Å². The molecule has 0 atom stereocenters. The van der Waals surface area contributed by atoms with E-state index in [1.165, 1.54) is 18.2 Å². The molecule has 0 saturated heterocycles. The average molecular weight is 425 g/mol. The third-order valence-corrected chi connectivity index (χ3v) is 3.61. The van der Waals surface area contributed by atoms with Gasteiger partial charge < -0.3 is 11.1 Å². The fraction of sp³-hybridized carbons (Fsp3) is 0. The lowest BCUT2D eigenvalue weighted by molar-refractivity contribution is 0.620. The number of anilines is 3. The van der Waals surface area contributed by atoms with Crippen molar-refractivity contribution in [1.29, 1.82) is 0 Å². The molecule has 0 spiro atoms. The second-order valence-electron chi connectivity index (χ2n) is 3.60. The summed E-state index contributed by atoms with van der Waals surface area (Å²) in [5, 5.41) is 2.78. The van der Waals surface area contributed by atoms with Crippen molar-refractivity contribution in [2.24, 2.45) is 0 Å². The van der Waals surface area contributed by atoms with Gasteiger partial charge in [-0.25, -0.2) is 8.78 Å². The molecule has 94 valence electrons. The van der Waals surface area contributed by atoms with Gasteiger partial charge in [0.1, 0.15) is 11.6 Å². The summed E-state index contributed by atoms with van der Waals surface area (Å²) >= 11 is 5.09. The summed E-state index contributed by atoms with van der Waals surface area (Å²) < 4.78 is 28.1. The van der Waals surface area contributed by atoms with E-state index in [4.69, 9.17) is 5.73 Å². The lowest BCUT2D eigenvalue weighted by Crippen LogP contribution is -2.00. The highest BCUT2D eigenvalue weighted by atomic mass is 127. The normalized spacial score (nSPS) is 10.4. The summed E-state index contributed by atoms with van der Waals surface area (Å²) in [6.07, 6.45) is 0. The molecule has 2 nitrogen and oxygen atoms in total. The molecule has 0 aliphatic rings. The highest BCUT2D eigenvalue weighted by molar-refractivity contribution is 14.1. The summed E-state index contributed by atoms with van der Waals surface area (Å²) in [6, 6.07) is 7.19. The van der Waals surface area contributed by atoms with Crippen LogP contribution in [0.4, 0.5) is 25.8 Å². The molecule has 3 N–H and O–H groups in total. The summed E-state index contributed by atoms with van der Waals surface area (Å²) in [5.74, 6) is -0.834. The van der Waals surface area contributed by atoms with Crippen LogP contribution >= 0.6 is 38.5 Å². The topological polar surface area (TPSA) is 38.0 Å². The number of hydrogen-bond donors (Lipinski definition) is 2. The van der Waals surface area contributed by atoms with Gasteiger partial charge in [0, 0.05) is 10.5 Å². The van der Waals surface area contributed by atoms with Gasteiger partial charge in [-0.3, -0.25) is 0 Å². The van der Waals surface area contributed by atoms with E-state index in [0.29, 0.717) is 14.9 Å². The van der Waals surface area contributed by atoms with Crippen molar-refractivity contribution in [1.82, 2.24) is 0 Å². The molecule has 0 radical (unpaired) electrons. The molecule has 0 amide bonds. The highest BCUT2D eigenvalue weighted by Crippen LogP contribution is 2.29. The van der Waals surface area contributed by atoms with Crippen LogP contribution in [-0.2, 0) is 0 Å². The van der Waals surface area contributed by atoms with Crippen molar-refractivity contribution in [2.45, 2.75) is 0 Å². The molecule has 0 saturated carbocycles. The largest absolute Gasteiger partial charge is 0.397 e. The van der Waals surface area contributed by atoms with Crippen molar-refractivity contribution >= 4 is 55.6 Å². The fourth-order valence-corrected chi connectivity index (χ4v) is 2.26. The molecule has 2 rings (SSSR count). The Labute approximate surface area is 125 Å². The molecular weight excluding hydrogens is 417 g/mol. The third kappa shape index (κ3) is 2.92.